The minimum absolute atomic E-state index is 0.00646. The predicted molar refractivity (Wildman–Crippen MR) is 181 cm³/mol. The smallest absolute Gasteiger partial charge is 0.338 e. The second-order valence-corrected chi connectivity index (χ2v) is 12.9. The summed E-state index contributed by atoms with van der Waals surface area (Å²) in [6.07, 6.45) is 1.59. The Kier molecular flexibility index (Phi) is 11.3. The van der Waals surface area contributed by atoms with Crippen molar-refractivity contribution in [2.45, 2.75) is 6.42 Å². The predicted octanol–water partition coefficient (Wildman–Crippen LogP) is 6.44. The molecule has 0 bridgehead atoms. The molecule has 240 valence electrons. The van der Waals surface area contributed by atoms with Crippen molar-refractivity contribution in [1.82, 2.24) is 9.80 Å². The lowest BCUT2D eigenvalue weighted by atomic mass is 10.0. The van der Waals surface area contributed by atoms with Crippen LogP contribution in [0.3, 0.4) is 0 Å². The highest BCUT2D eigenvalue weighted by Gasteiger charge is 2.32. The number of hydrogen-bond donors (Lipinski definition) is 2. The Labute approximate surface area is 284 Å². The van der Waals surface area contributed by atoms with Crippen molar-refractivity contribution in [3.8, 4) is 16.9 Å². The number of rotatable bonds is 11. The van der Waals surface area contributed by atoms with E-state index in [0.717, 1.165) is 54.7 Å². The molecule has 5 rings (SSSR count). The van der Waals surface area contributed by atoms with Gasteiger partial charge in [-0.15, -0.1) is 0 Å². The second-order valence-electron chi connectivity index (χ2n) is 10.3. The zero-order chi connectivity index (χ0) is 32.8. The fourth-order valence-electron chi connectivity index (χ4n) is 4.84. The zero-order valence-corrected chi connectivity index (χ0v) is 27.4. The van der Waals surface area contributed by atoms with Crippen molar-refractivity contribution in [3.05, 3.63) is 86.5 Å². The normalized spacial score (nSPS) is 16.2. The topological polar surface area (TPSA) is 108 Å². The number of anilines is 1. The van der Waals surface area contributed by atoms with Crippen LogP contribution in [-0.2, 0) is 14.3 Å². The number of ether oxygens (including phenoxy) is 2. The van der Waals surface area contributed by atoms with E-state index in [2.05, 4.69) is 10.2 Å². The Hall–Kier alpha value is -3.52. The van der Waals surface area contributed by atoms with Crippen LogP contribution in [0.15, 0.2) is 59.5 Å². The lowest BCUT2D eigenvalue weighted by molar-refractivity contribution is -0.122. The molecule has 0 saturated carbocycles. The zero-order valence-electron chi connectivity index (χ0n) is 24.3. The Morgan fingerprint density at radius 2 is 1.78 bits per heavy atom. The van der Waals surface area contributed by atoms with E-state index in [1.807, 2.05) is 18.2 Å². The monoisotopic (exact) mass is 703 g/mol. The van der Waals surface area contributed by atoms with Gasteiger partial charge in [-0.25, -0.2) is 9.18 Å². The number of carbonyl (C=O) groups is 3. The van der Waals surface area contributed by atoms with E-state index in [1.54, 1.807) is 24.3 Å². The number of carboxylic acid groups (broad SMARTS) is 1. The first-order chi connectivity index (χ1) is 22.1. The molecule has 0 unspecified atom stereocenters. The van der Waals surface area contributed by atoms with Crippen molar-refractivity contribution in [2.24, 2.45) is 0 Å². The van der Waals surface area contributed by atoms with Crippen LogP contribution in [-0.4, -0.2) is 83.0 Å². The largest absolute Gasteiger partial charge is 0.492 e. The van der Waals surface area contributed by atoms with Crippen molar-refractivity contribution < 1.29 is 33.4 Å². The molecule has 0 atom stereocenters. The maximum atomic E-state index is 14.0. The summed E-state index contributed by atoms with van der Waals surface area (Å²) in [5.74, 6) is -2.67. The number of aromatic carboxylic acids is 1. The molecule has 2 aliphatic heterocycles. The Balaban J connectivity index is 1.31. The first-order valence-electron chi connectivity index (χ1n) is 14.2. The number of benzene rings is 3. The first-order valence-corrected chi connectivity index (χ1v) is 16.2. The number of thioether (sulfide) groups is 1. The SMILES string of the molecule is O=C(CCN1C(=O)C(=Cc2cc(-c3cc(Cl)cc(Cl)c3)ccc2OCCN2CCOCC2)SC1=S)Nc1ccc(C(=O)O)c(F)c1. The molecule has 2 amide bonds. The number of amides is 2. The fraction of sp³-hybridized carbons (Fsp3) is 0.250. The van der Waals surface area contributed by atoms with Gasteiger partial charge in [0.2, 0.25) is 5.91 Å². The number of carbonyl (C=O) groups excluding carboxylic acids is 2. The highest BCUT2D eigenvalue weighted by molar-refractivity contribution is 8.26. The van der Waals surface area contributed by atoms with Crippen LogP contribution >= 0.6 is 47.2 Å². The van der Waals surface area contributed by atoms with Crippen LogP contribution in [0.1, 0.15) is 22.3 Å². The number of morpholine rings is 1. The Morgan fingerprint density at radius 1 is 1.04 bits per heavy atom. The van der Waals surface area contributed by atoms with Gasteiger partial charge >= 0.3 is 5.97 Å². The van der Waals surface area contributed by atoms with Gasteiger partial charge in [0.1, 0.15) is 22.5 Å². The van der Waals surface area contributed by atoms with E-state index in [-0.39, 0.29) is 28.9 Å². The molecule has 0 aromatic heterocycles. The number of carboxylic acids is 1. The fourth-order valence-corrected chi connectivity index (χ4v) is 6.66. The summed E-state index contributed by atoms with van der Waals surface area (Å²) in [6, 6.07) is 14.2. The summed E-state index contributed by atoms with van der Waals surface area (Å²) in [5, 5.41) is 12.5. The number of nitrogens with one attached hydrogen (secondary N) is 1. The Bertz CT molecular complexity index is 1700. The van der Waals surface area contributed by atoms with Gasteiger partial charge in [0.25, 0.3) is 5.91 Å². The van der Waals surface area contributed by atoms with Crippen LogP contribution in [0.4, 0.5) is 10.1 Å². The van der Waals surface area contributed by atoms with Gasteiger partial charge in [0.05, 0.1) is 23.7 Å². The molecule has 2 saturated heterocycles. The van der Waals surface area contributed by atoms with Crippen molar-refractivity contribution in [1.29, 1.82) is 0 Å². The quantitative estimate of drug-likeness (QED) is 0.172. The molecule has 2 fully saturated rings. The van der Waals surface area contributed by atoms with Crippen molar-refractivity contribution in [3.63, 3.8) is 0 Å². The second kappa shape index (κ2) is 15.4. The average Bonchev–Trinajstić information content (AvgIpc) is 3.27. The lowest BCUT2D eigenvalue weighted by Crippen LogP contribution is -2.38. The molecule has 2 aliphatic rings. The first kappa shape index (κ1) is 33.8. The molecule has 0 aliphatic carbocycles. The highest BCUT2D eigenvalue weighted by Crippen LogP contribution is 2.37. The van der Waals surface area contributed by atoms with Gasteiger partial charge in [0, 0.05) is 53.9 Å². The standard InChI is InChI=1S/C32H28Cl2FN3O6S2/c33-22-14-20(15-23(34)17-22)19-1-4-27(44-12-9-37-7-10-43-11-8-37)21(13-19)16-28-30(40)38(32(45)46-28)6-5-29(39)36-24-2-3-25(31(41)42)26(35)18-24/h1-4,13-18H,5-12H2,(H,36,39)(H,41,42). The van der Waals surface area contributed by atoms with Gasteiger partial charge in [0.15, 0.2) is 0 Å². The van der Waals surface area contributed by atoms with Gasteiger partial charge in [-0.2, -0.15) is 0 Å². The maximum absolute atomic E-state index is 14.0. The van der Waals surface area contributed by atoms with Crippen LogP contribution in [0, 0.1) is 5.82 Å². The third-order valence-corrected chi connectivity index (χ3v) is 8.99. The summed E-state index contributed by atoms with van der Waals surface area (Å²) in [5.41, 5.74) is 1.86. The van der Waals surface area contributed by atoms with Gasteiger partial charge < -0.3 is 19.9 Å². The Morgan fingerprint density at radius 3 is 2.48 bits per heavy atom. The van der Waals surface area contributed by atoms with Gasteiger partial charge in [-0.1, -0.05) is 53.2 Å². The molecule has 3 aromatic carbocycles. The summed E-state index contributed by atoms with van der Waals surface area (Å²) in [4.78, 5) is 41.0. The summed E-state index contributed by atoms with van der Waals surface area (Å²) < 4.78 is 25.9. The van der Waals surface area contributed by atoms with Crippen LogP contribution in [0.5, 0.6) is 5.75 Å². The molecule has 46 heavy (non-hydrogen) atoms. The molecule has 0 radical (unpaired) electrons. The summed E-state index contributed by atoms with van der Waals surface area (Å²) in [6.45, 7) is 4.18. The minimum atomic E-state index is -1.41. The lowest BCUT2D eigenvalue weighted by Gasteiger charge is -2.26. The van der Waals surface area contributed by atoms with E-state index in [4.69, 9.17) is 50.0 Å². The van der Waals surface area contributed by atoms with Crippen molar-refractivity contribution in [2.75, 3.05) is 51.3 Å². The molecule has 2 N–H and O–H groups in total. The average molecular weight is 705 g/mol. The third-order valence-electron chi connectivity index (χ3n) is 7.18. The van der Waals surface area contributed by atoms with E-state index in [9.17, 15) is 18.8 Å². The molecule has 14 heteroatoms. The minimum Gasteiger partial charge on any atom is -0.492 e. The van der Waals surface area contributed by atoms with E-state index >= 15 is 0 Å². The van der Waals surface area contributed by atoms with Crippen LogP contribution < -0.4 is 10.1 Å². The molecular formula is C32H28Cl2FN3O6S2. The molecular weight excluding hydrogens is 676 g/mol. The van der Waals surface area contributed by atoms with Crippen LogP contribution in [0.25, 0.3) is 17.2 Å². The van der Waals surface area contributed by atoms with E-state index in [1.165, 1.54) is 11.0 Å². The summed E-state index contributed by atoms with van der Waals surface area (Å²) >= 11 is 19.1. The molecule has 0 spiro atoms. The number of nitrogens with zero attached hydrogens (tertiary/aromatic N) is 2. The van der Waals surface area contributed by atoms with Crippen LogP contribution in [0.2, 0.25) is 10.0 Å². The maximum Gasteiger partial charge on any atom is 0.338 e. The van der Waals surface area contributed by atoms with E-state index < -0.39 is 23.3 Å². The number of thiocarbonyl (C=S) groups is 1. The third kappa shape index (κ3) is 8.64. The highest BCUT2D eigenvalue weighted by atomic mass is 35.5. The molecule has 3 aromatic rings. The van der Waals surface area contributed by atoms with Gasteiger partial charge in [-0.3, -0.25) is 19.4 Å². The molecule has 2 heterocycles. The summed E-state index contributed by atoms with van der Waals surface area (Å²) in [7, 11) is 0. The molecule has 9 nitrogen and oxygen atoms in total. The van der Waals surface area contributed by atoms with Gasteiger partial charge in [-0.05, 0) is 65.7 Å². The number of halogens is 3. The van der Waals surface area contributed by atoms with Crippen molar-refractivity contribution >= 4 is 81.0 Å². The number of hydrogen-bond acceptors (Lipinski definition) is 8. The van der Waals surface area contributed by atoms with E-state index in [0.29, 0.717) is 46.1 Å².